The van der Waals surface area contributed by atoms with Crippen molar-refractivity contribution >= 4 is 54.8 Å². The Morgan fingerprint density at radius 2 is 1.90 bits per heavy atom. The lowest BCUT2D eigenvalue weighted by molar-refractivity contribution is -0.122. The molecule has 4 rings (SSSR count). The molecule has 1 aliphatic rings. The third-order valence-electron chi connectivity index (χ3n) is 4.67. The number of rotatable bonds is 6. The van der Waals surface area contributed by atoms with Crippen LogP contribution in [0.5, 0.6) is 0 Å². The van der Waals surface area contributed by atoms with Gasteiger partial charge in [-0.15, -0.1) is 11.3 Å². The number of sulfonamides is 1. The molecule has 1 aliphatic heterocycles. The molecule has 1 saturated heterocycles. The number of aromatic nitrogens is 1. The normalized spacial score (nSPS) is 17.1. The fourth-order valence-electron chi connectivity index (χ4n) is 3.26. The molecule has 30 heavy (non-hydrogen) atoms. The van der Waals surface area contributed by atoms with Crippen molar-refractivity contribution in [2.24, 2.45) is 0 Å². The smallest absolute Gasteiger partial charge is 0.253 e. The number of halogens is 1. The van der Waals surface area contributed by atoms with Crippen molar-refractivity contribution in [2.75, 3.05) is 4.90 Å². The molecule has 1 fully saturated rings. The number of benzene rings is 1. The van der Waals surface area contributed by atoms with Gasteiger partial charge in [0.2, 0.25) is 5.91 Å². The number of hydrogen-bond donors (Lipinski definition) is 0. The Labute approximate surface area is 186 Å². The molecule has 3 aromatic rings. The van der Waals surface area contributed by atoms with E-state index in [9.17, 15) is 18.0 Å². The number of amides is 2. The van der Waals surface area contributed by atoms with Crippen molar-refractivity contribution < 1.29 is 18.0 Å². The van der Waals surface area contributed by atoms with Gasteiger partial charge < -0.3 is 0 Å². The Balaban J connectivity index is 1.73. The minimum Gasteiger partial charge on any atom is -0.274 e. The molecule has 1 aromatic carbocycles. The van der Waals surface area contributed by atoms with E-state index in [1.165, 1.54) is 6.07 Å². The van der Waals surface area contributed by atoms with Crippen LogP contribution >= 0.6 is 27.3 Å². The minimum atomic E-state index is -3.99. The van der Waals surface area contributed by atoms with Crippen molar-refractivity contribution in [3.8, 4) is 0 Å². The zero-order valence-corrected chi connectivity index (χ0v) is 18.7. The van der Waals surface area contributed by atoms with E-state index >= 15 is 0 Å². The molecule has 2 aromatic heterocycles. The van der Waals surface area contributed by atoms with E-state index in [1.807, 2.05) is 0 Å². The first-order chi connectivity index (χ1) is 14.4. The van der Waals surface area contributed by atoms with Gasteiger partial charge in [-0.25, -0.2) is 13.3 Å². The third-order valence-corrected chi connectivity index (χ3v) is 8.43. The number of anilines is 1. The summed E-state index contributed by atoms with van der Waals surface area (Å²) in [5, 5.41) is 1.66. The SMILES string of the molecule is O=C1CC(N(Cc2cccnc2)S(=O)(=O)c2cccs2)C(=O)N1c1ccc(Br)cc1. The second-order valence-corrected chi connectivity index (χ2v) is 10.6. The van der Waals surface area contributed by atoms with Gasteiger partial charge in [0, 0.05) is 23.4 Å². The molecule has 10 heteroatoms. The van der Waals surface area contributed by atoms with E-state index in [4.69, 9.17) is 0 Å². The van der Waals surface area contributed by atoms with Gasteiger partial charge in [-0.3, -0.25) is 14.6 Å². The Kier molecular flexibility index (Phi) is 5.83. The molecule has 1 atom stereocenters. The number of carbonyl (C=O) groups excluding carboxylic acids is 2. The summed E-state index contributed by atoms with van der Waals surface area (Å²) in [6.07, 6.45) is 2.91. The summed E-state index contributed by atoms with van der Waals surface area (Å²) in [5.41, 5.74) is 1.03. The molecule has 0 radical (unpaired) electrons. The molecule has 0 saturated carbocycles. The van der Waals surface area contributed by atoms with Crippen molar-refractivity contribution in [1.29, 1.82) is 0 Å². The summed E-state index contributed by atoms with van der Waals surface area (Å²) in [6, 6.07) is 12.1. The minimum absolute atomic E-state index is 0.0636. The Bertz CT molecular complexity index is 1170. The molecule has 154 valence electrons. The van der Waals surface area contributed by atoms with Crippen LogP contribution < -0.4 is 4.90 Å². The molecule has 2 amide bonds. The first-order valence-corrected chi connectivity index (χ1v) is 12.1. The molecular formula is C20H16BrN3O4S2. The number of thiophene rings is 1. The predicted molar refractivity (Wildman–Crippen MR) is 116 cm³/mol. The lowest BCUT2D eigenvalue weighted by atomic mass is 10.2. The Hall–Kier alpha value is -2.40. The number of imide groups is 1. The first kappa shape index (κ1) is 20.9. The summed E-state index contributed by atoms with van der Waals surface area (Å²) in [4.78, 5) is 31.0. The Morgan fingerprint density at radius 1 is 1.13 bits per heavy atom. The van der Waals surface area contributed by atoms with Crippen molar-refractivity contribution in [3.63, 3.8) is 0 Å². The summed E-state index contributed by atoms with van der Waals surface area (Å²) in [6.45, 7) is -0.0636. The highest BCUT2D eigenvalue weighted by Gasteiger charge is 2.47. The van der Waals surface area contributed by atoms with E-state index in [1.54, 1.807) is 60.2 Å². The number of nitrogens with zero attached hydrogens (tertiary/aromatic N) is 3. The van der Waals surface area contributed by atoms with Crippen molar-refractivity contribution in [1.82, 2.24) is 9.29 Å². The highest BCUT2D eigenvalue weighted by Crippen LogP contribution is 2.32. The quantitative estimate of drug-likeness (QED) is 0.479. The van der Waals surface area contributed by atoms with Gasteiger partial charge in [-0.2, -0.15) is 4.31 Å². The van der Waals surface area contributed by atoms with E-state index < -0.39 is 27.9 Å². The third kappa shape index (κ3) is 3.95. The van der Waals surface area contributed by atoms with E-state index in [0.717, 1.165) is 25.0 Å². The molecule has 0 N–H and O–H groups in total. The molecule has 1 unspecified atom stereocenters. The molecule has 0 aliphatic carbocycles. The number of hydrogen-bond acceptors (Lipinski definition) is 6. The van der Waals surface area contributed by atoms with E-state index in [0.29, 0.717) is 11.3 Å². The fourth-order valence-corrected chi connectivity index (χ4v) is 6.22. The zero-order valence-electron chi connectivity index (χ0n) is 15.5. The van der Waals surface area contributed by atoms with Crippen molar-refractivity contribution in [3.05, 3.63) is 76.3 Å². The first-order valence-electron chi connectivity index (χ1n) is 8.94. The largest absolute Gasteiger partial charge is 0.274 e. The van der Waals surface area contributed by atoms with Crippen LogP contribution in [-0.4, -0.2) is 35.6 Å². The highest BCUT2D eigenvalue weighted by atomic mass is 79.9. The van der Waals surface area contributed by atoms with Crippen LogP contribution in [-0.2, 0) is 26.2 Å². The van der Waals surface area contributed by atoms with Crippen LogP contribution in [0.3, 0.4) is 0 Å². The van der Waals surface area contributed by atoms with Gasteiger partial charge in [0.05, 0.1) is 12.1 Å². The standard InChI is InChI=1S/C20H16BrN3O4S2/c21-15-5-7-16(8-6-15)24-18(25)11-17(20(24)26)23(13-14-3-1-9-22-12-14)30(27,28)19-4-2-10-29-19/h1-10,12,17H,11,13H2. The lowest BCUT2D eigenvalue weighted by Gasteiger charge is -2.26. The second-order valence-electron chi connectivity index (χ2n) is 6.61. The number of pyridine rings is 1. The van der Waals surface area contributed by atoms with Crippen molar-refractivity contribution in [2.45, 2.75) is 23.2 Å². The summed E-state index contributed by atoms with van der Waals surface area (Å²) < 4.78 is 28.7. The molecule has 3 heterocycles. The van der Waals surface area contributed by atoms with Gasteiger partial charge in [0.1, 0.15) is 10.3 Å². The fraction of sp³-hybridized carbons (Fsp3) is 0.150. The molecular weight excluding hydrogens is 490 g/mol. The number of carbonyl (C=O) groups is 2. The maximum Gasteiger partial charge on any atom is 0.253 e. The van der Waals surface area contributed by atoms with Crippen LogP contribution in [0.4, 0.5) is 5.69 Å². The van der Waals surface area contributed by atoms with E-state index in [2.05, 4.69) is 20.9 Å². The topological polar surface area (TPSA) is 87.6 Å². The molecule has 7 nitrogen and oxygen atoms in total. The zero-order chi connectivity index (χ0) is 21.3. The maximum absolute atomic E-state index is 13.4. The van der Waals surface area contributed by atoms with Gasteiger partial charge >= 0.3 is 0 Å². The molecule has 0 spiro atoms. The summed E-state index contributed by atoms with van der Waals surface area (Å²) in [7, 11) is -3.99. The predicted octanol–water partition coefficient (Wildman–Crippen LogP) is 3.43. The van der Waals surface area contributed by atoms with Crippen LogP contribution in [0.2, 0.25) is 0 Å². The van der Waals surface area contributed by atoms with Gasteiger partial charge in [-0.05, 0) is 47.3 Å². The molecule has 0 bridgehead atoms. The van der Waals surface area contributed by atoms with Gasteiger partial charge in [0.15, 0.2) is 0 Å². The van der Waals surface area contributed by atoms with E-state index in [-0.39, 0.29) is 17.2 Å². The van der Waals surface area contributed by atoms with Gasteiger partial charge in [0.25, 0.3) is 15.9 Å². The van der Waals surface area contributed by atoms with Crippen LogP contribution in [0.15, 0.2) is 75.0 Å². The lowest BCUT2D eigenvalue weighted by Crippen LogP contribution is -2.44. The highest BCUT2D eigenvalue weighted by molar-refractivity contribution is 9.10. The average molecular weight is 506 g/mol. The summed E-state index contributed by atoms with van der Waals surface area (Å²) >= 11 is 4.39. The summed E-state index contributed by atoms with van der Waals surface area (Å²) in [5.74, 6) is -1.00. The van der Waals surface area contributed by atoms with Crippen LogP contribution in [0.1, 0.15) is 12.0 Å². The second kappa shape index (κ2) is 8.38. The van der Waals surface area contributed by atoms with Crippen LogP contribution in [0.25, 0.3) is 0 Å². The van der Waals surface area contributed by atoms with Crippen LogP contribution in [0, 0.1) is 0 Å². The Morgan fingerprint density at radius 3 is 2.53 bits per heavy atom. The maximum atomic E-state index is 13.4. The van der Waals surface area contributed by atoms with Gasteiger partial charge in [-0.1, -0.05) is 28.1 Å². The monoisotopic (exact) mass is 505 g/mol. The average Bonchev–Trinajstić information content (AvgIpc) is 3.37.